The highest BCUT2D eigenvalue weighted by atomic mass is 35.5. The van der Waals surface area contributed by atoms with Crippen LogP contribution in [-0.2, 0) is 7.05 Å². The summed E-state index contributed by atoms with van der Waals surface area (Å²) in [7, 11) is 1.77. The first-order valence-corrected chi connectivity index (χ1v) is 2.24. The van der Waals surface area contributed by atoms with Crippen LogP contribution in [-0.4, -0.2) is 9.78 Å². The van der Waals surface area contributed by atoms with Crippen molar-refractivity contribution in [2.75, 3.05) is 0 Å². The maximum absolute atomic E-state index is 5.40. The van der Waals surface area contributed by atoms with E-state index >= 15 is 0 Å². The Labute approximate surface area is 46.7 Å². The molecule has 0 saturated heterocycles. The molecule has 0 unspecified atom stereocenters. The van der Waals surface area contributed by atoms with Gasteiger partial charge in [-0.3, -0.25) is 4.68 Å². The molecule has 37 valence electrons. The van der Waals surface area contributed by atoms with Crippen LogP contribution in [0.15, 0.2) is 6.07 Å². The predicted molar refractivity (Wildman–Crippen MR) is 27.1 cm³/mol. The molecule has 1 aromatic rings. The molecule has 0 saturated carbocycles. The molecule has 7 heavy (non-hydrogen) atoms. The van der Waals surface area contributed by atoms with E-state index in [4.69, 9.17) is 11.6 Å². The molecule has 0 aromatic carbocycles. The van der Waals surface area contributed by atoms with E-state index in [9.17, 15) is 0 Å². The summed E-state index contributed by atoms with van der Waals surface area (Å²) < 4.78 is 1.53. The minimum absolute atomic E-state index is 0.488. The lowest BCUT2D eigenvalue weighted by atomic mass is 10.7. The van der Waals surface area contributed by atoms with Crippen LogP contribution in [0.1, 0.15) is 0 Å². The van der Waals surface area contributed by atoms with E-state index in [1.807, 2.05) is 0 Å². The highest BCUT2D eigenvalue weighted by molar-refractivity contribution is 6.29. The zero-order chi connectivity index (χ0) is 5.28. The van der Waals surface area contributed by atoms with Gasteiger partial charge in [-0.05, 0) is 0 Å². The Morgan fingerprint density at radius 2 is 2.71 bits per heavy atom. The topological polar surface area (TPSA) is 17.8 Å². The van der Waals surface area contributed by atoms with Crippen molar-refractivity contribution in [3.63, 3.8) is 0 Å². The number of halogens is 1. The fraction of sp³-hybridized carbons (Fsp3) is 0.250. The van der Waals surface area contributed by atoms with Gasteiger partial charge in [-0.2, -0.15) is 5.10 Å². The van der Waals surface area contributed by atoms with Crippen LogP contribution in [0.3, 0.4) is 0 Å². The van der Waals surface area contributed by atoms with E-state index in [1.54, 1.807) is 13.1 Å². The molecule has 1 aromatic heterocycles. The van der Waals surface area contributed by atoms with E-state index < -0.39 is 0 Å². The van der Waals surface area contributed by atoms with Crippen molar-refractivity contribution in [3.05, 3.63) is 17.4 Å². The second-order valence-corrected chi connectivity index (χ2v) is 1.61. The highest BCUT2D eigenvalue weighted by Crippen LogP contribution is 1.98. The quantitative estimate of drug-likeness (QED) is 0.491. The van der Waals surface area contributed by atoms with Crippen molar-refractivity contribution in [2.24, 2.45) is 7.05 Å². The van der Waals surface area contributed by atoms with Crippen molar-refractivity contribution < 1.29 is 0 Å². The largest absolute Gasteiger partial charge is 0.265 e. The molecular weight excluding hydrogens is 112 g/mol. The van der Waals surface area contributed by atoms with Gasteiger partial charge in [-0.25, -0.2) is 0 Å². The Morgan fingerprint density at radius 3 is 2.86 bits per heavy atom. The van der Waals surface area contributed by atoms with Gasteiger partial charge in [0.1, 0.15) is 0 Å². The molecule has 0 bridgehead atoms. The third-order valence-corrected chi connectivity index (χ3v) is 0.801. The van der Waals surface area contributed by atoms with Gasteiger partial charge in [-0.15, -0.1) is 0 Å². The van der Waals surface area contributed by atoms with E-state index in [0.717, 1.165) is 0 Å². The van der Waals surface area contributed by atoms with Crippen LogP contribution in [0, 0.1) is 6.20 Å². The zero-order valence-electron chi connectivity index (χ0n) is 3.85. The van der Waals surface area contributed by atoms with Gasteiger partial charge in [0.2, 0.25) is 0 Å². The Balaban J connectivity index is 3.04. The number of nitrogens with zero attached hydrogens (tertiary/aromatic N) is 2. The van der Waals surface area contributed by atoms with Crippen molar-refractivity contribution in [1.82, 2.24) is 9.78 Å². The van der Waals surface area contributed by atoms with E-state index in [-0.39, 0.29) is 0 Å². The molecule has 0 spiro atoms. The molecule has 0 aliphatic rings. The first-order chi connectivity index (χ1) is 3.29. The number of hydrogen-bond donors (Lipinski definition) is 0. The third kappa shape index (κ3) is 0.933. The maximum Gasteiger partial charge on any atom is 0.151 e. The molecule has 0 atom stereocenters. The van der Waals surface area contributed by atoms with Gasteiger partial charge in [0, 0.05) is 13.1 Å². The van der Waals surface area contributed by atoms with Crippen molar-refractivity contribution in [3.8, 4) is 0 Å². The van der Waals surface area contributed by atoms with Crippen LogP contribution in [0.5, 0.6) is 0 Å². The van der Waals surface area contributed by atoms with Crippen LogP contribution in [0.2, 0.25) is 5.15 Å². The molecule has 2 nitrogen and oxygen atoms in total. The lowest BCUT2D eigenvalue weighted by Gasteiger charge is -1.77. The number of hydrogen-bond acceptors (Lipinski definition) is 1. The smallest absolute Gasteiger partial charge is 0.151 e. The number of aromatic nitrogens is 2. The molecule has 0 aliphatic carbocycles. The lowest BCUT2D eigenvalue weighted by molar-refractivity contribution is 0.762. The Kier molecular flexibility index (Phi) is 1.02. The van der Waals surface area contributed by atoms with Gasteiger partial charge < -0.3 is 0 Å². The minimum Gasteiger partial charge on any atom is -0.265 e. The van der Waals surface area contributed by atoms with E-state index in [0.29, 0.717) is 5.15 Å². The van der Waals surface area contributed by atoms with Gasteiger partial charge >= 0.3 is 0 Å². The molecule has 1 heterocycles. The Bertz CT molecular complexity index is 142. The summed E-state index contributed by atoms with van der Waals surface area (Å²) in [6.07, 6.45) is 2.74. The average Bonchev–Trinajstić information content (AvgIpc) is 1.87. The second kappa shape index (κ2) is 1.54. The fourth-order valence-corrected chi connectivity index (χ4v) is 0.510. The summed E-state index contributed by atoms with van der Waals surface area (Å²) in [4.78, 5) is 0. The number of aryl methyl sites for hydroxylation is 1. The SMILES string of the molecule is Cn1[c]cc(Cl)n1. The summed E-state index contributed by atoms with van der Waals surface area (Å²) in [6, 6.07) is 1.61. The second-order valence-electron chi connectivity index (χ2n) is 1.22. The van der Waals surface area contributed by atoms with Crippen molar-refractivity contribution >= 4 is 11.6 Å². The van der Waals surface area contributed by atoms with Crippen LogP contribution >= 0.6 is 11.6 Å². The summed E-state index contributed by atoms with van der Waals surface area (Å²) in [5.41, 5.74) is 0. The fourth-order valence-electron chi connectivity index (χ4n) is 0.348. The van der Waals surface area contributed by atoms with Crippen LogP contribution < -0.4 is 0 Å². The standard InChI is InChI=1S/C4H4ClN2/c1-7-3-2-4(5)6-7/h2H,1H3. The lowest BCUT2D eigenvalue weighted by Crippen LogP contribution is -1.85. The maximum atomic E-state index is 5.40. The van der Waals surface area contributed by atoms with Gasteiger partial charge in [0.05, 0.1) is 6.20 Å². The van der Waals surface area contributed by atoms with Gasteiger partial charge in [0.25, 0.3) is 0 Å². The van der Waals surface area contributed by atoms with Crippen molar-refractivity contribution in [1.29, 1.82) is 0 Å². The van der Waals surface area contributed by atoms with Gasteiger partial charge in [-0.1, -0.05) is 11.6 Å². The van der Waals surface area contributed by atoms with Gasteiger partial charge in [0.15, 0.2) is 5.15 Å². The van der Waals surface area contributed by atoms with E-state index in [2.05, 4.69) is 11.3 Å². The monoisotopic (exact) mass is 115 g/mol. The molecule has 1 radical (unpaired) electrons. The zero-order valence-corrected chi connectivity index (χ0v) is 4.61. The normalized spacial score (nSPS) is 9.43. The third-order valence-electron chi connectivity index (χ3n) is 0.616. The average molecular weight is 116 g/mol. The Morgan fingerprint density at radius 1 is 2.00 bits per heavy atom. The molecule has 0 fully saturated rings. The Hall–Kier alpha value is -0.500. The molecule has 3 heteroatoms. The van der Waals surface area contributed by atoms with E-state index in [1.165, 1.54) is 4.68 Å². The number of rotatable bonds is 0. The molecular formula is C4H4ClN2. The molecule has 1 rings (SSSR count). The van der Waals surface area contributed by atoms with Crippen LogP contribution in [0.25, 0.3) is 0 Å². The summed E-state index contributed by atoms with van der Waals surface area (Å²) in [5, 5.41) is 4.23. The first-order valence-electron chi connectivity index (χ1n) is 1.86. The summed E-state index contributed by atoms with van der Waals surface area (Å²) in [5.74, 6) is 0. The highest BCUT2D eigenvalue weighted by Gasteiger charge is 1.85. The minimum atomic E-state index is 0.488. The molecule has 0 N–H and O–H groups in total. The summed E-state index contributed by atoms with van der Waals surface area (Å²) >= 11 is 5.40. The van der Waals surface area contributed by atoms with Crippen molar-refractivity contribution in [2.45, 2.75) is 0 Å². The van der Waals surface area contributed by atoms with Crippen LogP contribution in [0.4, 0.5) is 0 Å². The summed E-state index contributed by atoms with van der Waals surface area (Å²) in [6.45, 7) is 0. The molecule has 0 amide bonds. The first kappa shape index (κ1) is 4.65. The predicted octanol–water partition coefficient (Wildman–Crippen LogP) is 0.874. The molecule has 0 aliphatic heterocycles.